The molecule has 84 valence electrons. The van der Waals surface area contributed by atoms with Crippen LogP contribution in [0.2, 0.25) is 5.02 Å². The standard InChI is InChI=1S/C13H20ClN/c1-10(2)11(8-9-15-3)12-6-4-5-7-13(12)14/h4-7,10-11,15H,8-9H2,1-3H3. The van der Waals surface area contributed by atoms with Gasteiger partial charge in [0, 0.05) is 5.02 Å². The van der Waals surface area contributed by atoms with Crippen molar-refractivity contribution in [3.63, 3.8) is 0 Å². The Morgan fingerprint density at radius 2 is 1.93 bits per heavy atom. The first-order valence-corrected chi connectivity index (χ1v) is 5.93. The maximum atomic E-state index is 6.22. The Morgan fingerprint density at radius 3 is 2.47 bits per heavy atom. The first kappa shape index (κ1) is 12.5. The normalized spacial score (nSPS) is 13.1. The quantitative estimate of drug-likeness (QED) is 0.806. The number of benzene rings is 1. The van der Waals surface area contributed by atoms with E-state index in [4.69, 9.17) is 11.6 Å². The molecule has 0 radical (unpaired) electrons. The first-order chi connectivity index (χ1) is 7.16. The monoisotopic (exact) mass is 225 g/mol. The molecule has 0 aliphatic heterocycles. The van der Waals surface area contributed by atoms with Crippen LogP contribution in [0.4, 0.5) is 0 Å². The first-order valence-electron chi connectivity index (χ1n) is 5.55. The Bertz CT molecular complexity index is 296. The summed E-state index contributed by atoms with van der Waals surface area (Å²) in [5.41, 5.74) is 1.28. The van der Waals surface area contributed by atoms with Gasteiger partial charge in [0.1, 0.15) is 0 Å². The predicted octanol–water partition coefficient (Wildman–Crippen LogP) is 3.69. The highest BCUT2D eigenvalue weighted by Gasteiger charge is 2.17. The van der Waals surface area contributed by atoms with Gasteiger partial charge in [-0.05, 0) is 43.5 Å². The smallest absolute Gasteiger partial charge is 0.0440 e. The summed E-state index contributed by atoms with van der Waals surface area (Å²) in [4.78, 5) is 0. The van der Waals surface area contributed by atoms with Crippen LogP contribution in [-0.4, -0.2) is 13.6 Å². The molecule has 15 heavy (non-hydrogen) atoms. The summed E-state index contributed by atoms with van der Waals surface area (Å²) >= 11 is 6.22. The van der Waals surface area contributed by atoms with Crippen molar-refractivity contribution in [2.75, 3.05) is 13.6 Å². The fourth-order valence-corrected chi connectivity index (χ4v) is 2.20. The third-order valence-corrected chi connectivity index (χ3v) is 3.16. The zero-order valence-corrected chi connectivity index (χ0v) is 10.5. The van der Waals surface area contributed by atoms with E-state index in [0.29, 0.717) is 11.8 Å². The number of hydrogen-bond donors (Lipinski definition) is 1. The van der Waals surface area contributed by atoms with Gasteiger partial charge in [-0.25, -0.2) is 0 Å². The average Bonchev–Trinajstić information content (AvgIpc) is 2.20. The lowest BCUT2D eigenvalue weighted by Crippen LogP contribution is -2.16. The molecule has 1 rings (SSSR count). The fraction of sp³-hybridized carbons (Fsp3) is 0.538. The van der Waals surface area contributed by atoms with Gasteiger partial charge in [0.05, 0.1) is 0 Å². The third-order valence-electron chi connectivity index (χ3n) is 2.81. The van der Waals surface area contributed by atoms with Crippen molar-refractivity contribution in [1.29, 1.82) is 0 Å². The highest BCUT2D eigenvalue weighted by atomic mass is 35.5. The second kappa shape index (κ2) is 6.14. The molecular weight excluding hydrogens is 206 g/mol. The van der Waals surface area contributed by atoms with Gasteiger partial charge in [-0.15, -0.1) is 0 Å². The molecule has 0 fully saturated rings. The van der Waals surface area contributed by atoms with E-state index in [1.807, 2.05) is 19.2 Å². The van der Waals surface area contributed by atoms with Gasteiger partial charge in [-0.2, -0.15) is 0 Å². The molecule has 1 N–H and O–H groups in total. The topological polar surface area (TPSA) is 12.0 Å². The summed E-state index contributed by atoms with van der Waals surface area (Å²) < 4.78 is 0. The minimum atomic E-state index is 0.547. The van der Waals surface area contributed by atoms with Gasteiger partial charge in [-0.1, -0.05) is 43.6 Å². The van der Waals surface area contributed by atoms with Crippen LogP contribution < -0.4 is 5.32 Å². The summed E-state index contributed by atoms with van der Waals surface area (Å²) in [6.45, 7) is 5.54. The predicted molar refractivity (Wildman–Crippen MR) is 67.6 cm³/mol. The van der Waals surface area contributed by atoms with Crippen LogP contribution in [0.25, 0.3) is 0 Å². The molecule has 0 aliphatic rings. The SMILES string of the molecule is CNCCC(c1ccccc1Cl)C(C)C. The molecule has 0 amide bonds. The lowest BCUT2D eigenvalue weighted by molar-refractivity contribution is 0.461. The number of nitrogens with one attached hydrogen (secondary N) is 1. The van der Waals surface area contributed by atoms with Crippen molar-refractivity contribution >= 4 is 11.6 Å². The molecule has 1 nitrogen and oxygen atoms in total. The molecule has 0 saturated heterocycles. The van der Waals surface area contributed by atoms with Gasteiger partial charge in [0.25, 0.3) is 0 Å². The second-order valence-electron chi connectivity index (χ2n) is 4.26. The maximum Gasteiger partial charge on any atom is 0.0440 e. The summed E-state index contributed by atoms with van der Waals surface area (Å²) in [7, 11) is 1.99. The molecule has 0 aliphatic carbocycles. The van der Waals surface area contributed by atoms with Crippen LogP contribution in [0, 0.1) is 5.92 Å². The molecule has 0 spiro atoms. The Kier molecular flexibility index (Phi) is 5.13. The molecule has 1 atom stereocenters. The van der Waals surface area contributed by atoms with E-state index in [1.165, 1.54) is 5.56 Å². The molecule has 0 aromatic heterocycles. The van der Waals surface area contributed by atoms with Crippen molar-refractivity contribution in [2.24, 2.45) is 5.92 Å². The van der Waals surface area contributed by atoms with Crippen LogP contribution in [0.3, 0.4) is 0 Å². The molecule has 1 aromatic rings. The van der Waals surface area contributed by atoms with E-state index < -0.39 is 0 Å². The van der Waals surface area contributed by atoms with Gasteiger partial charge in [-0.3, -0.25) is 0 Å². The molecule has 2 heteroatoms. The minimum Gasteiger partial charge on any atom is -0.320 e. The molecule has 0 saturated carbocycles. The van der Waals surface area contributed by atoms with E-state index in [9.17, 15) is 0 Å². The molecule has 1 unspecified atom stereocenters. The lowest BCUT2D eigenvalue weighted by Gasteiger charge is -2.22. The van der Waals surface area contributed by atoms with E-state index in [2.05, 4.69) is 31.3 Å². The summed E-state index contributed by atoms with van der Waals surface area (Å²) in [5.74, 6) is 1.17. The van der Waals surface area contributed by atoms with Crippen molar-refractivity contribution in [3.05, 3.63) is 34.9 Å². The van der Waals surface area contributed by atoms with Crippen LogP contribution in [0.5, 0.6) is 0 Å². The largest absolute Gasteiger partial charge is 0.320 e. The third kappa shape index (κ3) is 3.51. The van der Waals surface area contributed by atoms with Crippen molar-refractivity contribution in [3.8, 4) is 0 Å². The molecule has 0 bridgehead atoms. The van der Waals surface area contributed by atoms with Gasteiger partial charge < -0.3 is 5.32 Å². The highest BCUT2D eigenvalue weighted by Crippen LogP contribution is 2.32. The molecule has 0 heterocycles. The number of rotatable bonds is 5. The second-order valence-corrected chi connectivity index (χ2v) is 4.67. The van der Waals surface area contributed by atoms with Crippen LogP contribution in [0.15, 0.2) is 24.3 Å². The average molecular weight is 226 g/mol. The van der Waals surface area contributed by atoms with Crippen LogP contribution in [-0.2, 0) is 0 Å². The van der Waals surface area contributed by atoms with Crippen molar-refractivity contribution in [2.45, 2.75) is 26.2 Å². The Morgan fingerprint density at radius 1 is 1.27 bits per heavy atom. The van der Waals surface area contributed by atoms with E-state index >= 15 is 0 Å². The summed E-state index contributed by atoms with van der Waals surface area (Å²) in [6, 6.07) is 8.17. The lowest BCUT2D eigenvalue weighted by atomic mass is 9.86. The zero-order valence-electron chi connectivity index (χ0n) is 9.76. The Labute approximate surface area is 97.8 Å². The summed E-state index contributed by atoms with van der Waals surface area (Å²) in [6.07, 6.45) is 1.14. The van der Waals surface area contributed by atoms with Crippen LogP contribution in [0.1, 0.15) is 31.7 Å². The van der Waals surface area contributed by atoms with Gasteiger partial charge >= 0.3 is 0 Å². The van der Waals surface area contributed by atoms with Crippen molar-refractivity contribution < 1.29 is 0 Å². The van der Waals surface area contributed by atoms with Gasteiger partial charge in [0.2, 0.25) is 0 Å². The highest BCUT2D eigenvalue weighted by molar-refractivity contribution is 6.31. The van der Waals surface area contributed by atoms with E-state index in [0.717, 1.165) is 18.0 Å². The maximum absolute atomic E-state index is 6.22. The summed E-state index contributed by atoms with van der Waals surface area (Å²) in [5, 5.41) is 4.09. The molecular formula is C13H20ClN. The van der Waals surface area contributed by atoms with Crippen molar-refractivity contribution in [1.82, 2.24) is 5.32 Å². The van der Waals surface area contributed by atoms with E-state index in [1.54, 1.807) is 0 Å². The number of halogens is 1. The Balaban J connectivity index is 2.84. The Hall–Kier alpha value is -0.530. The van der Waals surface area contributed by atoms with Gasteiger partial charge in [0.15, 0.2) is 0 Å². The number of hydrogen-bond acceptors (Lipinski definition) is 1. The minimum absolute atomic E-state index is 0.547. The zero-order chi connectivity index (χ0) is 11.3. The van der Waals surface area contributed by atoms with E-state index in [-0.39, 0.29) is 0 Å². The molecule has 1 aromatic carbocycles. The van der Waals surface area contributed by atoms with Crippen LogP contribution >= 0.6 is 11.6 Å². The fourth-order valence-electron chi connectivity index (χ4n) is 1.92.